The number of benzene rings is 1. The fraction of sp³-hybridized carbons (Fsp3) is 0.320. The van der Waals surface area contributed by atoms with Gasteiger partial charge in [-0.15, -0.1) is 5.10 Å². The zero-order chi connectivity index (χ0) is 28.5. The Labute approximate surface area is 225 Å². The molecular formula is C25H22F4N10O. The topological polar surface area (TPSA) is 111 Å². The van der Waals surface area contributed by atoms with E-state index in [0.717, 1.165) is 11.6 Å². The summed E-state index contributed by atoms with van der Waals surface area (Å²) in [7, 11) is 0. The van der Waals surface area contributed by atoms with Gasteiger partial charge >= 0.3 is 6.18 Å². The molecule has 1 aliphatic rings. The van der Waals surface area contributed by atoms with Gasteiger partial charge in [-0.2, -0.15) is 13.2 Å². The normalized spacial score (nSPS) is 13.5. The molecule has 4 aromatic rings. The maximum atomic E-state index is 14.8. The molecule has 1 aliphatic heterocycles. The standard InChI is InChI=1S/C25H22F4N10O/c1-24(2,39-14-34-36-37-39)12-40-23-19(26)8-15(10-31-23)35-22-17-6-7-38(11-21(17)32-13-33-22)16-4-5-20(30-3)18(9-16)25(27,28)29/h4-5,8-10,13-14H,6-7,11-12H2,1-2H3,(H,32,33,35). The lowest BCUT2D eigenvalue weighted by atomic mass is 10.0. The molecule has 0 radical (unpaired) electrons. The van der Waals surface area contributed by atoms with Crippen LogP contribution in [0.3, 0.4) is 0 Å². The van der Waals surface area contributed by atoms with Crippen molar-refractivity contribution in [1.29, 1.82) is 0 Å². The highest BCUT2D eigenvalue weighted by Crippen LogP contribution is 2.39. The minimum atomic E-state index is -4.64. The van der Waals surface area contributed by atoms with Crippen LogP contribution in [0.2, 0.25) is 0 Å². The first-order valence-corrected chi connectivity index (χ1v) is 12.0. The molecule has 0 saturated carbocycles. The molecule has 40 heavy (non-hydrogen) atoms. The summed E-state index contributed by atoms with van der Waals surface area (Å²) in [5.41, 5.74) is -0.0227. The number of tetrazole rings is 1. The van der Waals surface area contributed by atoms with Crippen molar-refractivity contribution in [3.63, 3.8) is 0 Å². The number of rotatable bonds is 7. The van der Waals surface area contributed by atoms with E-state index in [4.69, 9.17) is 11.3 Å². The van der Waals surface area contributed by atoms with E-state index in [-0.39, 0.29) is 19.0 Å². The number of aromatic nitrogens is 7. The van der Waals surface area contributed by atoms with Crippen LogP contribution in [0.1, 0.15) is 30.7 Å². The smallest absolute Gasteiger partial charge is 0.407 e. The molecule has 11 nitrogen and oxygen atoms in total. The Morgan fingerprint density at radius 3 is 2.67 bits per heavy atom. The van der Waals surface area contributed by atoms with Gasteiger partial charge in [0.25, 0.3) is 5.88 Å². The van der Waals surface area contributed by atoms with Gasteiger partial charge in [0.2, 0.25) is 0 Å². The average molecular weight is 555 g/mol. The van der Waals surface area contributed by atoms with Crippen LogP contribution >= 0.6 is 0 Å². The molecule has 3 aromatic heterocycles. The van der Waals surface area contributed by atoms with Crippen LogP contribution in [0.4, 0.5) is 40.4 Å². The van der Waals surface area contributed by atoms with E-state index in [1.807, 2.05) is 13.8 Å². The predicted molar refractivity (Wildman–Crippen MR) is 135 cm³/mol. The third kappa shape index (κ3) is 5.46. The van der Waals surface area contributed by atoms with Gasteiger partial charge in [0, 0.05) is 23.9 Å². The lowest BCUT2D eigenvalue weighted by Crippen LogP contribution is -2.34. The van der Waals surface area contributed by atoms with Crippen molar-refractivity contribution in [2.75, 3.05) is 23.4 Å². The highest BCUT2D eigenvalue weighted by atomic mass is 19.4. The molecule has 0 spiro atoms. The molecule has 4 heterocycles. The Bertz CT molecular complexity index is 1570. The van der Waals surface area contributed by atoms with Crippen LogP contribution in [-0.4, -0.2) is 48.3 Å². The second kappa shape index (κ2) is 10.4. The van der Waals surface area contributed by atoms with Crippen molar-refractivity contribution in [3.8, 4) is 5.88 Å². The Hall–Kier alpha value is -4.87. The predicted octanol–water partition coefficient (Wildman–Crippen LogP) is 4.69. The van der Waals surface area contributed by atoms with Crippen LogP contribution in [0.25, 0.3) is 4.85 Å². The number of fused-ring (bicyclic) bond motifs is 1. The molecule has 15 heteroatoms. The van der Waals surface area contributed by atoms with Gasteiger partial charge < -0.3 is 15.0 Å². The fourth-order valence-corrected chi connectivity index (χ4v) is 4.21. The second-order valence-electron chi connectivity index (χ2n) is 9.62. The van der Waals surface area contributed by atoms with E-state index >= 15 is 0 Å². The Morgan fingerprint density at radius 2 is 1.98 bits per heavy atom. The van der Waals surface area contributed by atoms with Crippen LogP contribution < -0.4 is 15.0 Å². The van der Waals surface area contributed by atoms with Gasteiger partial charge in [-0.3, -0.25) is 0 Å². The summed E-state index contributed by atoms with van der Waals surface area (Å²) in [6.07, 6.45) is -0.0434. The lowest BCUT2D eigenvalue weighted by Gasteiger charge is -2.31. The highest BCUT2D eigenvalue weighted by molar-refractivity contribution is 5.64. The zero-order valence-electron chi connectivity index (χ0n) is 21.3. The Morgan fingerprint density at radius 1 is 1.15 bits per heavy atom. The molecule has 0 aliphatic carbocycles. The first kappa shape index (κ1) is 26.7. The monoisotopic (exact) mass is 554 g/mol. The molecule has 5 rings (SSSR count). The van der Waals surface area contributed by atoms with Crippen molar-refractivity contribution < 1.29 is 22.3 Å². The first-order chi connectivity index (χ1) is 19.0. The molecule has 1 N–H and O–H groups in total. The molecule has 0 unspecified atom stereocenters. The summed E-state index contributed by atoms with van der Waals surface area (Å²) in [5.74, 6) is -0.428. The van der Waals surface area contributed by atoms with E-state index in [0.29, 0.717) is 35.9 Å². The molecule has 0 atom stereocenters. The van der Waals surface area contributed by atoms with E-state index in [1.54, 1.807) is 4.90 Å². The number of alkyl halides is 3. The largest absolute Gasteiger partial charge is 0.473 e. The summed E-state index contributed by atoms with van der Waals surface area (Å²) in [6.45, 7) is 11.4. The summed E-state index contributed by atoms with van der Waals surface area (Å²) in [6, 6.07) is 4.89. The van der Waals surface area contributed by atoms with Gasteiger partial charge in [-0.1, -0.05) is 6.07 Å². The summed E-state index contributed by atoms with van der Waals surface area (Å²) >= 11 is 0. The molecule has 206 valence electrons. The minimum Gasteiger partial charge on any atom is -0.473 e. The number of anilines is 3. The molecule has 1 aromatic carbocycles. The molecule has 0 amide bonds. The molecule has 0 fully saturated rings. The Balaban J connectivity index is 1.30. The lowest BCUT2D eigenvalue weighted by molar-refractivity contribution is -0.136. The number of pyridine rings is 1. The number of nitrogens with zero attached hydrogens (tertiary/aromatic N) is 9. The SMILES string of the molecule is [C-]#[N+]c1ccc(N2CCc3c(ncnc3Nc3cnc(OCC(C)(C)n4cnnn4)c(F)c3)C2)cc1C(F)(F)F. The summed E-state index contributed by atoms with van der Waals surface area (Å²) in [5, 5.41) is 14.1. The van der Waals surface area contributed by atoms with Crippen molar-refractivity contribution in [1.82, 2.24) is 35.2 Å². The molecular weight excluding hydrogens is 532 g/mol. The molecule has 0 bridgehead atoms. The minimum absolute atomic E-state index is 0.0652. The third-order valence-corrected chi connectivity index (χ3v) is 6.38. The van der Waals surface area contributed by atoms with Gasteiger partial charge in [0.05, 0.1) is 41.8 Å². The van der Waals surface area contributed by atoms with E-state index in [2.05, 4.69) is 40.6 Å². The van der Waals surface area contributed by atoms with E-state index < -0.39 is 28.8 Å². The van der Waals surface area contributed by atoms with Gasteiger partial charge in [0.1, 0.15) is 25.1 Å². The van der Waals surface area contributed by atoms with Crippen LogP contribution in [0.15, 0.2) is 43.1 Å². The van der Waals surface area contributed by atoms with E-state index in [9.17, 15) is 17.6 Å². The maximum absolute atomic E-state index is 14.8. The highest BCUT2D eigenvalue weighted by Gasteiger charge is 2.34. The van der Waals surface area contributed by atoms with Crippen LogP contribution in [-0.2, 0) is 24.7 Å². The van der Waals surface area contributed by atoms with Crippen molar-refractivity contribution in [2.24, 2.45) is 0 Å². The van der Waals surface area contributed by atoms with Gasteiger partial charge in [-0.25, -0.2) is 28.9 Å². The number of nitrogens with one attached hydrogen (secondary N) is 1. The zero-order valence-corrected chi connectivity index (χ0v) is 21.3. The van der Waals surface area contributed by atoms with Gasteiger partial charge in [0.15, 0.2) is 11.5 Å². The summed E-state index contributed by atoms with van der Waals surface area (Å²) in [4.78, 5) is 17.4. The molecule has 0 saturated heterocycles. The fourth-order valence-electron chi connectivity index (χ4n) is 4.21. The van der Waals surface area contributed by atoms with Crippen LogP contribution in [0, 0.1) is 12.4 Å². The average Bonchev–Trinajstić information content (AvgIpc) is 3.48. The number of hydrogen-bond acceptors (Lipinski definition) is 9. The Kier molecular flexibility index (Phi) is 6.92. The second-order valence-corrected chi connectivity index (χ2v) is 9.62. The maximum Gasteiger partial charge on any atom is 0.407 e. The van der Waals surface area contributed by atoms with Crippen molar-refractivity contribution >= 4 is 22.9 Å². The first-order valence-electron chi connectivity index (χ1n) is 12.0. The number of ether oxygens (including phenoxy) is 1. The van der Waals surface area contributed by atoms with Crippen LogP contribution in [0.5, 0.6) is 5.88 Å². The third-order valence-electron chi connectivity index (χ3n) is 6.38. The van der Waals surface area contributed by atoms with Gasteiger partial charge in [-0.05, 0) is 42.8 Å². The van der Waals surface area contributed by atoms with Crippen molar-refractivity contribution in [3.05, 3.63) is 77.2 Å². The van der Waals surface area contributed by atoms with E-state index in [1.165, 1.54) is 41.7 Å². The van der Waals surface area contributed by atoms with Crippen molar-refractivity contribution in [2.45, 2.75) is 38.5 Å². The number of halogens is 4. The quantitative estimate of drug-likeness (QED) is 0.257. The number of hydrogen-bond donors (Lipinski definition) is 1. The summed E-state index contributed by atoms with van der Waals surface area (Å²) < 4.78 is 62.2.